The van der Waals surface area contributed by atoms with Crippen molar-refractivity contribution < 1.29 is 14.2 Å². The third-order valence-corrected chi connectivity index (χ3v) is 5.51. The predicted molar refractivity (Wildman–Crippen MR) is 112 cm³/mol. The Morgan fingerprint density at radius 2 is 1.69 bits per heavy atom. The Balaban J connectivity index is 1.60. The molecule has 0 saturated carbocycles. The molecule has 0 unspecified atom stereocenters. The van der Waals surface area contributed by atoms with Crippen LogP contribution in [0.15, 0.2) is 77.9 Å². The summed E-state index contributed by atoms with van der Waals surface area (Å²) in [4.78, 5) is 0. The van der Waals surface area contributed by atoms with E-state index in [0.717, 1.165) is 46.1 Å². The minimum Gasteiger partial charge on any atom is -0.497 e. The summed E-state index contributed by atoms with van der Waals surface area (Å²) in [5, 5.41) is 7.06. The SMILES string of the molecule is COc1ccc([C@@H]2Oc3c(OC)cccc3[C@H]3CC(c4ccccc4)=NN32)cc1. The molecule has 0 aliphatic carbocycles. The summed E-state index contributed by atoms with van der Waals surface area (Å²) in [6, 6.07) is 24.4. The maximum absolute atomic E-state index is 6.46. The van der Waals surface area contributed by atoms with Gasteiger partial charge in [0.15, 0.2) is 11.5 Å². The van der Waals surface area contributed by atoms with Crippen LogP contribution in [0.2, 0.25) is 0 Å². The fourth-order valence-electron chi connectivity index (χ4n) is 4.04. The average molecular weight is 386 g/mol. The standard InChI is InChI=1S/C24H22N2O3/c1-27-18-13-11-17(12-14-18)24-26-21(15-20(25-26)16-7-4-3-5-8-16)19-9-6-10-22(28-2)23(19)29-24/h3-14,21,24H,15H2,1-2H3/t21-,24+/m1/s1. The largest absolute Gasteiger partial charge is 0.497 e. The second-order valence-corrected chi connectivity index (χ2v) is 7.13. The maximum Gasteiger partial charge on any atom is 0.214 e. The van der Waals surface area contributed by atoms with Crippen LogP contribution in [0.1, 0.15) is 35.4 Å². The van der Waals surface area contributed by atoms with E-state index in [1.165, 1.54) is 0 Å². The first-order valence-corrected chi connectivity index (χ1v) is 9.67. The van der Waals surface area contributed by atoms with Crippen LogP contribution < -0.4 is 14.2 Å². The van der Waals surface area contributed by atoms with Crippen molar-refractivity contribution >= 4 is 5.71 Å². The van der Waals surface area contributed by atoms with E-state index in [2.05, 4.69) is 23.2 Å². The molecular weight excluding hydrogens is 364 g/mol. The summed E-state index contributed by atoms with van der Waals surface area (Å²) in [7, 11) is 3.34. The number of fused-ring (bicyclic) bond motifs is 3. The van der Waals surface area contributed by atoms with Crippen molar-refractivity contribution in [2.45, 2.75) is 18.7 Å². The topological polar surface area (TPSA) is 43.3 Å². The van der Waals surface area contributed by atoms with E-state index >= 15 is 0 Å². The van der Waals surface area contributed by atoms with Gasteiger partial charge < -0.3 is 14.2 Å². The first-order chi connectivity index (χ1) is 14.3. The van der Waals surface area contributed by atoms with E-state index in [1.807, 2.05) is 54.6 Å². The van der Waals surface area contributed by atoms with Gasteiger partial charge in [0.1, 0.15) is 5.75 Å². The number of ether oxygens (including phenoxy) is 3. The minimum absolute atomic E-state index is 0.0937. The Bertz CT molecular complexity index is 1050. The molecule has 0 bridgehead atoms. The molecule has 0 aromatic heterocycles. The highest BCUT2D eigenvalue weighted by Crippen LogP contribution is 2.50. The van der Waals surface area contributed by atoms with Crippen LogP contribution in [0.4, 0.5) is 0 Å². The predicted octanol–water partition coefficient (Wildman–Crippen LogP) is 4.95. The van der Waals surface area contributed by atoms with Crippen LogP contribution in [0.25, 0.3) is 0 Å². The van der Waals surface area contributed by atoms with Crippen LogP contribution in [-0.2, 0) is 0 Å². The zero-order chi connectivity index (χ0) is 19.8. The van der Waals surface area contributed by atoms with Crippen LogP contribution in [0.5, 0.6) is 17.2 Å². The molecule has 0 spiro atoms. The molecule has 5 rings (SSSR count). The van der Waals surface area contributed by atoms with Gasteiger partial charge in [-0.1, -0.05) is 42.5 Å². The van der Waals surface area contributed by atoms with Crippen LogP contribution >= 0.6 is 0 Å². The first-order valence-electron chi connectivity index (χ1n) is 9.67. The van der Waals surface area contributed by atoms with Gasteiger partial charge in [0.05, 0.1) is 26.0 Å². The lowest BCUT2D eigenvalue weighted by Gasteiger charge is -2.38. The molecule has 29 heavy (non-hydrogen) atoms. The molecule has 0 amide bonds. The molecule has 5 heteroatoms. The van der Waals surface area contributed by atoms with E-state index in [-0.39, 0.29) is 12.3 Å². The second kappa shape index (κ2) is 7.17. The number of nitrogens with zero attached hydrogens (tertiary/aromatic N) is 2. The van der Waals surface area contributed by atoms with Gasteiger partial charge in [0, 0.05) is 17.5 Å². The maximum atomic E-state index is 6.46. The molecule has 2 atom stereocenters. The van der Waals surface area contributed by atoms with Crippen molar-refractivity contribution in [3.05, 3.63) is 89.5 Å². The summed E-state index contributed by atoms with van der Waals surface area (Å²) >= 11 is 0. The van der Waals surface area contributed by atoms with E-state index in [0.29, 0.717) is 0 Å². The van der Waals surface area contributed by atoms with Crippen LogP contribution in [0.3, 0.4) is 0 Å². The van der Waals surface area contributed by atoms with Gasteiger partial charge in [-0.15, -0.1) is 0 Å². The Hall–Kier alpha value is -3.47. The van der Waals surface area contributed by atoms with Gasteiger partial charge in [-0.25, -0.2) is 5.01 Å². The summed E-state index contributed by atoms with van der Waals surface area (Å²) < 4.78 is 17.4. The molecule has 0 N–H and O–H groups in total. The molecule has 0 radical (unpaired) electrons. The number of benzene rings is 3. The Morgan fingerprint density at radius 1 is 0.897 bits per heavy atom. The van der Waals surface area contributed by atoms with Gasteiger partial charge in [0.2, 0.25) is 6.23 Å². The van der Waals surface area contributed by atoms with Crippen LogP contribution in [-0.4, -0.2) is 24.9 Å². The van der Waals surface area contributed by atoms with E-state index in [1.54, 1.807) is 14.2 Å². The third-order valence-electron chi connectivity index (χ3n) is 5.51. The second-order valence-electron chi connectivity index (χ2n) is 7.13. The molecule has 146 valence electrons. The summed E-state index contributed by atoms with van der Waals surface area (Å²) in [5.74, 6) is 2.35. The summed E-state index contributed by atoms with van der Waals surface area (Å²) in [6.45, 7) is 0. The smallest absolute Gasteiger partial charge is 0.214 e. The fraction of sp³-hybridized carbons (Fsp3) is 0.208. The number of methoxy groups -OCH3 is 2. The molecule has 3 aromatic carbocycles. The lowest BCUT2D eigenvalue weighted by molar-refractivity contribution is -0.0209. The molecule has 0 saturated heterocycles. The molecule has 0 fully saturated rings. The number of hydrogen-bond donors (Lipinski definition) is 0. The molecule has 3 aromatic rings. The molecular formula is C24H22N2O3. The molecule has 2 aliphatic heterocycles. The Morgan fingerprint density at radius 3 is 2.41 bits per heavy atom. The van der Waals surface area contributed by atoms with Crippen molar-refractivity contribution in [3.63, 3.8) is 0 Å². The number of para-hydroxylation sites is 1. The highest BCUT2D eigenvalue weighted by Gasteiger charge is 2.42. The van der Waals surface area contributed by atoms with Crippen molar-refractivity contribution in [2.75, 3.05) is 14.2 Å². The first kappa shape index (κ1) is 17.6. The zero-order valence-corrected chi connectivity index (χ0v) is 16.4. The average Bonchev–Trinajstić information content (AvgIpc) is 3.24. The monoisotopic (exact) mass is 386 g/mol. The van der Waals surface area contributed by atoms with Gasteiger partial charge >= 0.3 is 0 Å². The van der Waals surface area contributed by atoms with Gasteiger partial charge in [-0.05, 0) is 35.9 Å². The van der Waals surface area contributed by atoms with Gasteiger partial charge in [-0.2, -0.15) is 5.10 Å². The van der Waals surface area contributed by atoms with Gasteiger partial charge in [0.25, 0.3) is 0 Å². The van der Waals surface area contributed by atoms with Crippen molar-refractivity contribution in [1.29, 1.82) is 0 Å². The van der Waals surface area contributed by atoms with Crippen molar-refractivity contribution in [2.24, 2.45) is 5.10 Å². The minimum atomic E-state index is -0.337. The third kappa shape index (κ3) is 2.99. The lowest BCUT2D eigenvalue weighted by atomic mass is 9.95. The molecule has 5 nitrogen and oxygen atoms in total. The summed E-state index contributed by atoms with van der Waals surface area (Å²) in [5.41, 5.74) is 4.32. The van der Waals surface area contributed by atoms with Gasteiger partial charge in [-0.3, -0.25) is 0 Å². The molecule has 2 heterocycles. The van der Waals surface area contributed by atoms with Crippen molar-refractivity contribution in [1.82, 2.24) is 5.01 Å². The normalized spacial score (nSPS) is 19.7. The van der Waals surface area contributed by atoms with Crippen molar-refractivity contribution in [3.8, 4) is 17.2 Å². The van der Waals surface area contributed by atoms with E-state index in [9.17, 15) is 0 Å². The van der Waals surface area contributed by atoms with E-state index in [4.69, 9.17) is 19.3 Å². The lowest BCUT2D eigenvalue weighted by Crippen LogP contribution is -2.33. The quantitative estimate of drug-likeness (QED) is 0.637. The van der Waals surface area contributed by atoms with Crippen LogP contribution in [0, 0.1) is 0 Å². The fourth-order valence-corrected chi connectivity index (χ4v) is 4.04. The molecule has 2 aliphatic rings. The summed E-state index contributed by atoms with van der Waals surface area (Å²) in [6.07, 6.45) is 0.483. The Labute approximate surface area is 170 Å². The number of hydrazone groups is 1. The Kier molecular flexibility index (Phi) is 4.35. The number of hydrogen-bond acceptors (Lipinski definition) is 5. The highest BCUT2D eigenvalue weighted by atomic mass is 16.5. The highest BCUT2D eigenvalue weighted by molar-refractivity contribution is 6.01. The van der Waals surface area contributed by atoms with E-state index < -0.39 is 0 Å². The number of rotatable bonds is 4. The zero-order valence-electron chi connectivity index (χ0n) is 16.4.